The molecule has 92 valence electrons. The molecule has 0 heterocycles. The summed E-state index contributed by atoms with van der Waals surface area (Å²) in [6, 6.07) is 7.66. The van der Waals surface area contributed by atoms with Gasteiger partial charge in [0.1, 0.15) is 0 Å². The van der Waals surface area contributed by atoms with Crippen LogP contribution < -0.4 is 11.1 Å². The van der Waals surface area contributed by atoms with Gasteiger partial charge in [0.15, 0.2) is 0 Å². The molecule has 0 spiro atoms. The summed E-state index contributed by atoms with van der Waals surface area (Å²) in [5.41, 5.74) is 6.44. The average molecular weight is 253 g/mol. The number of amides is 1. The molecule has 1 saturated carbocycles. The highest BCUT2D eigenvalue weighted by Crippen LogP contribution is 2.28. The fourth-order valence-electron chi connectivity index (χ4n) is 1.97. The van der Waals surface area contributed by atoms with Gasteiger partial charge in [-0.25, -0.2) is 0 Å². The van der Waals surface area contributed by atoms with Gasteiger partial charge in [-0.05, 0) is 43.4 Å². The molecule has 1 aliphatic carbocycles. The Morgan fingerprint density at radius 2 is 2.24 bits per heavy atom. The number of nitrogens with two attached hydrogens (primary N) is 1. The molecule has 0 bridgehead atoms. The van der Waals surface area contributed by atoms with E-state index in [-0.39, 0.29) is 5.91 Å². The third kappa shape index (κ3) is 2.99. The normalized spacial score (nSPS) is 17.3. The summed E-state index contributed by atoms with van der Waals surface area (Å²) in [5.74, 6) is -0.0224. The number of carbonyl (C=O) groups is 1. The zero-order valence-corrected chi connectivity index (χ0v) is 10.5. The van der Waals surface area contributed by atoms with E-state index < -0.39 is 5.54 Å². The van der Waals surface area contributed by atoms with Crippen LogP contribution in [-0.4, -0.2) is 18.0 Å². The van der Waals surface area contributed by atoms with Crippen LogP contribution in [0.5, 0.6) is 0 Å². The van der Waals surface area contributed by atoms with E-state index in [0.29, 0.717) is 6.54 Å². The van der Waals surface area contributed by atoms with Crippen LogP contribution in [0.15, 0.2) is 24.3 Å². The molecule has 0 unspecified atom stereocenters. The van der Waals surface area contributed by atoms with Crippen molar-refractivity contribution >= 4 is 17.5 Å². The first-order chi connectivity index (χ1) is 8.10. The van der Waals surface area contributed by atoms with E-state index in [1.807, 2.05) is 24.3 Å². The van der Waals surface area contributed by atoms with Gasteiger partial charge >= 0.3 is 0 Å². The van der Waals surface area contributed by atoms with Gasteiger partial charge in [0.05, 0.1) is 5.54 Å². The fraction of sp³-hybridized carbons (Fsp3) is 0.462. The van der Waals surface area contributed by atoms with Crippen LogP contribution >= 0.6 is 11.6 Å². The van der Waals surface area contributed by atoms with E-state index >= 15 is 0 Å². The first-order valence-electron chi connectivity index (χ1n) is 5.92. The van der Waals surface area contributed by atoms with Crippen molar-refractivity contribution in [3.05, 3.63) is 34.9 Å². The molecule has 4 heteroatoms. The van der Waals surface area contributed by atoms with Gasteiger partial charge in [0.2, 0.25) is 5.91 Å². The van der Waals surface area contributed by atoms with Crippen LogP contribution in [0.4, 0.5) is 0 Å². The fourth-order valence-corrected chi connectivity index (χ4v) is 2.19. The molecule has 0 radical (unpaired) electrons. The van der Waals surface area contributed by atoms with E-state index in [1.54, 1.807) is 0 Å². The Bertz CT molecular complexity index is 416. The van der Waals surface area contributed by atoms with Crippen molar-refractivity contribution in [2.24, 2.45) is 5.73 Å². The van der Waals surface area contributed by atoms with E-state index in [0.717, 1.165) is 36.3 Å². The number of nitrogens with one attached hydrogen (secondary N) is 1. The number of halogens is 1. The third-order valence-corrected chi connectivity index (χ3v) is 3.52. The predicted octanol–water partition coefficient (Wildman–Crippen LogP) is 1.88. The minimum atomic E-state index is -0.603. The van der Waals surface area contributed by atoms with E-state index in [4.69, 9.17) is 17.3 Å². The summed E-state index contributed by atoms with van der Waals surface area (Å²) < 4.78 is 0. The summed E-state index contributed by atoms with van der Waals surface area (Å²) >= 11 is 5.88. The van der Waals surface area contributed by atoms with Crippen LogP contribution in [0, 0.1) is 0 Å². The highest BCUT2D eigenvalue weighted by atomic mass is 35.5. The van der Waals surface area contributed by atoms with E-state index in [2.05, 4.69) is 5.32 Å². The summed E-state index contributed by atoms with van der Waals surface area (Å²) in [7, 11) is 0. The first-order valence-corrected chi connectivity index (χ1v) is 6.30. The monoisotopic (exact) mass is 252 g/mol. The highest BCUT2D eigenvalue weighted by molar-refractivity contribution is 6.30. The summed E-state index contributed by atoms with van der Waals surface area (Å²) in [6.45, 7) is 0.609. The third-order valence-electron chi connectivity index (χ3n) is 3.29. The maximum absolute atomic E-state index is 11.7. The molecule has 1 fully saturated rings. The summed E-state index contributed by atoms with van der Waals surface area (Å²) in [5, 5.41) is 3.61. The van der Waals surface area contributed by atoms with Gasteiger partial charge in [-0.15, -0.1) is 0 Å². The minimum Gasteiger partial charge on any atom is -0.354 e. The summed E-state index contributed by atoms with van der Waals surface area (Å²) in [6.07, 6.45) is 3.44. The molecule has 3 nitrogen and oxygen atoms in total. The van der Waals surface area contributed by atoms with Gasteiger partial charge in [0.25, 0.3) is 0 Å². The molecule has 0 atom stereocenters. The Labute approximate surface area is 106 Å². The van der Waals surface area contributed by atoms with Gasteiger partial charge in [-0.3, -0.25) is 4.79 Å². The minimum absolute atomic E-state index is 0.0224. The smallest absolute Gasteiger partial charge is 0.240 e. The molecule has 0 saturated heterocycles. The van der Waals surface area contributed by atoms with Crippen molar-refractivity contribution < 1.29 is 4.79 Å². The second kappa shape index (κ2) is 5.07. The Hall–Kier alpha value is -1.06. The Morgan fingerprint density at radius 3 is 2.82 bits per heavy atom. The Kier molecular flexibility index (Phi) is 3.69. The lowest BCUT2D eigenvalue weighted by atomic mass is 9.77. The first kappa shape index (κ1) is 12.4. The van der Waals surface area contributed by atoms with Crippen LogP contribution in [0.1, 0.15) is 24.8 Å². The van der Waals surface area contributed by atoms with E-state index in [1.165, 1.54) is 0 Å². The molecule has 1 aromatic carbocycles. The van der Waals surface area contributed by atoms with Crippen molar-refractivity contribution in [2.45, 2.75) is 31.2 Å². The largest absolute Gasteiger partial charge is 0.354 e. The van der Waals surface area contributed by atoms with E-state index in [9.17, 15) is 4.79 Å². The number of benzene rings is 1. The molecule has 1 aromatic rings. The molecule has 3 N–H and O–H groups in total. The standard InChI is InChI=1S/C13H17ClN2O/c14-11-4-1-3-10(9-11)5-8-16-12(17)13(15)6-2-7-13/h1,3-4,9H,2,5-8,15H2,(H,16,17). The van der Waals surface area contributed by atoms with Gasteiger partial charge in [0, 0.05) is 11.6 Å². The zero-order valence-electron chi connectivity index (χ0n) is 9.71. The topological polar surface area (TPSA) is 55.1 Å². The van der Waals surface area contributed by atoms with Crippen LogP contribution in [0.3, 0.4) is 0 Å². The Morgan fingerprint density at radius 1 is 1.47 bits per heavy atom. The Balaban J connectivity index is 1.78. The SMILES string of the molecule is NC1(C(=O)NCCc2cccc(Cl)c2)CCC1. The van der Waals surface area contributed by atoms with Gasteiger partial charge in [-0.1, -0.05) is 23.7 Å². The van der Waals surface area contributed by atoms with Crippen LogP contribution in [0.2, 0.25) is 5.02 Å². The molecule has 0 aromatic heterocycles. The average Bonchev–Trinajstić information content (AvgIpc) is 2.26. The maximum atomic E-state index is 11.7. The maximum Gasteiger partial charge on any atom is 0.240 e. The van der Waals surface area contributed by atoms with Crippen molar-refractivity contribution in [3.63, 3.8) is 0 Å². The number of hydrogen-bond donors (Lipinski definition) is 2. The number of rotatable bonds is 4. The van der Waals surface area contributed by atoms with Crippen LogP contribution in [-0.2, 0) is 11.2 Å². The molecular weight excluding hydrogens is 236 g/mol. The van der Waals surface area contributed by atoms with Crippen molar-refractivity contribution in [3.8, 4) is 0 Å². The molecule has 1 aliphatic rings. The number of carbonyl (C=O) groups excluding carboxylic acids is 1. The molecule has 0 aliphatic heterocycles. The van der Waals surface area contributed by atoms with Crippen molar-refractivity contribution in [2.75, 3.05) is 6.54 Å². The quantitative estimate of drug-likeness (QED) is 0.860. The van der Waals surface area contributed by atoms with Crippen LogP contribution in [0.25, 0.3) is 0 Å². The van der Waals surface area contributed by atoms with Gasteiger partial charge < -0.3 is 11.1 Å². The number of hydrogen-bond acceptors (Lipinski definition) is 2. The van der Waals surface area contributed by atoms with Crippen molar-refractivity contribution in [1.82, 2.24) is 5.32 Å². The van der Waals surface area contributed by atoms with Crippen molar-refractivity contribution in [1.29, 1.82) is 0 Å². The lowest BCUT2D eigenvalue weighted by molar-refractivity contribution is -0.129. The molecule has 17 heavy (non-hydrogen) atoms. The predicted molar refractivity (Wildman–Crippen MR) is 68.9 cm³/mol. The lowest BCUT2D eigenvalue weighted by Gasteiger charge is -2.36. The second-order valence-electron chi connectivity index (χ2n) is 4.65. The van der Waals surface area contributed by atoms with Gasteiger partial charge in [-0.2, -0.15) is 0 Å². The lowest BCUT2D eigenvalue weighted by Crippen LogP contribution is -2.58. The highest BCUT2D eigenvalue weighted by Gasteiger charge is 2.39. The second-order valence-corrected chi connectivity index (χ2v) is 5.08. The molecule has 2 rings (SSSR count). The zero-order chi connectivity index (χ0) is 12.3. The molecule has 1 amide bonds. The molecular formula is C13H17ClN2O. The summed E-state index contributed by atoms with van der Waals surface area (Å²) in [4.78, 5) is 11.7.